The lowest BCUT2D eigenvalue weighted by molar-refractivity contribution is -0.160. The smallest absolute Gasteiger partial charge is 0.337 e. The van der Waals surface area contributed by atoms with E-state index in [1.807, 2.05) is 18.9 Å². The first kappa shape index (κ1) is 31.1. The highest BCUT2D eigenvalue weighted by molar-refractivity contribution is 6.05. The van der Waals surface area contributed by atoms with E-state index in [0.29, 0.717) is 83.1 Å². The number of aromatic nitrogens is 2. The van der Waals surface area contributed by atoms with Crippen LogP contribution in [0.15, 0.2) is 12.1 Å². The zero-order valence-corrected chi connectivity index (χ0v) is 27.5. The van der Waals surface area contributed by atoms with Gasteiger partial charge in [0.25, 0.3) is 5.91 Å². The molecule has 46 heavy (non-hydrogen) atoms. The lowest BCUT2D eigenvalue weighted by atomic mass is 9.86. The summed E-state index contributed by atoms with van der Waals surface area (Å²) in [6.45, 7) is 14.4. The lowest BCUT2D eigenvalue weighted by Crippen LogP contribution is -2.49. The first-order chi connectivity index (χ1) is 21.8. The maximum atomic E-state index is 15.7. The monoisotopic (exact) mass is 634 g/mol. The summed E-state index contributed by atoms with van der Waals surface area (Å²) in [5.74, 6) is -0.638. The molecule has 3 fully saturated rings. The number of rotatable bonds is 6. The number of halogens is 1. The van der Waals surface area contributed by atoms with Gasteiger partial charge in [-0.05, 0) is 82.6 Å². The van der Waals surface area contributed by atoms with E-state index in [9.17, 15) is 14.7 Å². The van der Waals surface area contributed by atoms with Crippen molar-refractivity contribution in [1.29, 1.82) is 0 Å². The maximum Gasteiger partial charge on any atom is 0.337 e. The molecule has 3 atom stereocenters. The Labute approximate surface area is 268 Å². The summed E-state index contributed by atoms with van der Waals surface area (Å²) in [5, 5.41) is 11.1. The van der Waals surface area contributed by atoms with Crippen LogP contribution < -0.4 is 4.74 Å². The van der Waals surface area contributed by atoms with Gasteiger partial charge in [-0.3, -0.25) is 9.69 Å². The number of fused-ring (bicyclic) bond motifs is 3. The highest BCUT2D eigenvalue weighted by Crippen LogP contribution is 2.45. The van der Waals surface area contributed by atoms with Crippen molar-refractivity contribution in [2.75, 3.05) is 46.0 Å². The second kappa shape index (κ2) is 11.3. The van der Waals surface area contributed by atoms with Gasteiger partial charge in [-0.1, -0.05) is 0 Å². The van der Waals surface area contributed by atoms with Crippen molar-refractivity contribution in [3.63, 3.8) is 0 Å². The molecule has 0 aliphatic carbocycles. The summed E-state index contributed by atoms with van der Waals surface area (Å²) in [4.78, 5) is 36.3. The molecule has 10 nitrogen and oxygen atoms in total. The van der Waals surface area contributed by atoms with E-state index in [1.165, 1.54) is 6.07 Å². The number of carboxylic acids is 1. The molecule has 3 aromatic rings. The molecule has 0 radical (unpaired) electrons. The van der Waals surface area contributed by atoms with Crippen molar-refractivity contribution in [2.45, 2.75) is 65.2 Å². The second-order valence-electron chi connectivity index (χ2n) is 14.4. The largest absolute Gasteiger partial charge is 0.490 e. The summed E-state index contributed by atoms with van der Waals surface area (Å²) >= 11 is 0. The Hall–Kier alpha value is -3.54. The van der Waals surface area contributed by atoms with E-state index >= 15 is 4.39 Å². The van der Waals surface area contributed by atoms with Gasteiger partial charge >= 0.3 is 5.97 Å². The summed E-state index contributed by atoms with van der Waals surface area (Å²) in [6, 6.07) is 3.73. The topological polar surface area (TPSA) is 106 Å². The molecule has 2 unspecified atom stereocenters. The molecule has 1 aromatic carbocycles. The van der Waals surface area contributed by atoms with Gasteiger partial charge in [0.05, 0.1) is 31.5 Å². The number of carboxylic acid groups (broad SMARTS) is 1. The van der Waals surface area contributed by atoms with Gasteiger partial charge in [0.2, 0.25) is 0 Å². The number of carbonyl (C=O) groups excluding carboxylic acids is 1. The van der Waals surface area contributed by atoms with Gasteiger partial charge in [-0.15, -0.1) is 0 Å². The van der Waals surface area contributed by atoms with E-state index in [1.54, 1.807) is 38.3 Å². The van der Waals surface area contributed by atoms with Gasteiger partial charge in [-0.25, -0.2) is 14.2 Å². The third-order valence-electron chi connectivity index (χ3n) is 10.2. The fraction of sp³-hybridized carbons (Fsp3) is 0.571. The Balaban J connectivity index is 1.36. The molecule has 0 bridgehead atoms. The molecule has 246 valence electrons. The number of aliphatic carboxylic acids is 1. The molecule has 3 saturated heterocycles. The van der Waals surface area contributed by atoms with Crippen LogP contribution in [0.2, 0.25) is 0 Å². The van der Waals surface area contributed by atoms with Gasteiger partial charge in [0.1, 0.15) is 11.3 Å². The maximum absolute atomic E-state index is 15.7. The minimum atomic E-state index is -1.37. The average molecular weight is 635 g/mol. The van der Waals surface area contributed by atoms with Crippen LogP contribution in [-0.4, -0.2) is 94.0 Å². The number of hydrogen-bond acceptors (Lipinski definition) is 7. The van der Waals surface area contributed by atoms with E-state index < -0.39 is 23.5 Å². The van der Waals surface area contributed by atoms with Crippen LogP contribution >= 0.6 is 0 Å². The molecular formula is C35H43FN4O6. The van der Waals surface area contributed by atoms with Crippen LogP contribution in [0, 0.1) is 31.5 Å². The Morgan fingerprint density at radius 3 is 2.41 bits per heavy atom. The molecule has 0 spiro atoms. The zero-order chi connectivity index (χ0) is 32.7. The summed E-state index contributed by atoms with van der Waals surface area (Å²) in [6.07, 6.45) is 0.0341. The highest BCUT2D eigenvalue weighted by atomic mass is 19.1. The van der Waals surface area contributed by atoms with E-state index in [4.69, 9.17) is 19.2 Å². The van der Waals surface area contributed by atoms with Gasteiger partial charge in [0.15, 0.2) is 17.7 Å². The number of aryl methyl sites for hydroxylation is 2. The Morgan fingerprint density at radius 2 is 1.80 bits per heavy atom. The van der Waals surface area contributed by atoms with Crippen LogP contribution in [0.3, 0.4) is 0 Å². The molecule has 1 N–H and O–H groups in total. The number of hydrogen-bond donors (Lipinski definition) is 1. The van der Waals surface area contributed by atoms with Gasteiger partial charge < -0.3 is 28.8 Å². The van der Waals surface area contributed by atoms with Crippen molar-refractivity contribution < 1.29 is 33.3 Å². The minimum Gasteiger partial charge on any atom is -0.490 e. The number of amides is 1. The van der Waals surface area contributed by atoms with Crippen molar-refractivity contribution in [2.24, 2.45) is 18.9 Å². The fourth-order valence-corrected chi connectivity index (χ4v) is 7.87. The van der Waals surface area contributed by atoms with Crippen LogP contribution in [0.5, 0.6) is 5.75 Å². The number of benzene rings is 1. The zero-order valence-electron chi connectivity index (χ0n) is 27.5. The van der Waals surface area contributed by atoms with Crippen LogP contribution in [0.1, 0.15) is 66.2 Å². The molecule has 1 amide bonds. The predicted octanol–water partition coefficient (Wildman–Crippen LogP) is 4.66. The number of pyridine rings is 1. The van der Waals surface area contributed by atoms with Crippen LogP contribution in [0.4, 0.5) is 4.39 Å². The van der Waals surface area contributed by atoms with Gasteiger partial charge in [-0.2, -0.15) is 0 Å². The predicted molar refractivity (Wildman–Crippen MR) is 170 cm³/mol. The second-order valence-corrected chi connectivity index (χ2v) is 14.4. The van der Waals surface area contributed by atoms with Crippen LogP contribution in [0.25, 0.3) is 22.2 Å². The Kier molecular flexibility index (Phi) is 7.64. The lowest BCUT2D eigenvalue weighted by Gasteiger charge is -2.35. The molecule has 2 aromatic heterocycles. The van der Waals surface area contributed by atoms with E-state index in [0.717, 1.165) is 43.9 Å². The quantitative estimate of drug-likeness (QED) is 0.418. The number of carbonyl (C=O) groups is 2. The average Bonchev–Trinajstić information content (AvgIpc) is 3.63. The molecule has 11 heteroatoms. The number of nitrogens with zero attached hydrogens (tertiary/aromatic N) is 4. The van der Waals surface area contributed by atoms with Crippen molar-refractivity contribution in [1.82, 2.24) is 19.4 Å². The van der Waals surface area contributed by atoms with Crippen molar-refractivity contribution in [3.8, 4) is 16.9 Å². The van der Waals surface area contributed by atoms with Gasteiger partial charge in [0, 0.05) is 61.0 Å². The normalized spacial score (nSPS) is 22.5. The van der Waals surface area contributed by atoms with Crippen LogP contribution in [-0.2, 0) is 27.7 Å². The third kappa shape index (κ3) is 5.16. The van der Waals surface area contributed by atoms with Crippen molar-refractivity contribution >= 4 is 22.9 Å². The standard InChI is InChI=1S/C35H43FN4O6/c1-18-23-8-7-9-45-30(23)26(36)10-24(18)29-25-11-27(33(41)40-14-20-12-39(13-21(20)15-40)22-16-44-17-22)38(6)32(25)37-19(2)28(29)31(34(42)43)46-35(3,4)5/h10-11,20-22,31H,7-9,12-17H2,1-6H3,(H,42,43)/t20?,21?,31-/m0/s1. The Morgan fingerprint density at radius 1 is 1.11 bits per heavy atom. The SMILES string of the molecule is Cc1nc2c(cc(C(=O)N3CC4CN(C5COC5)CC4C3)n2C)c(-c2cc(F)c3c(c2C)CCCO3)c1[C@H](OC(C)(C)C)C(=O)O. The number of likely N-dealkylation sites (tertiary alicyclic amines) is 2. The minimum absolute atomic E-state index is 0.0824. The molecule has 0 saturated carbocycles. The highest BCUT2D eigenvalue weighted by Gasteiger charge is 2.45. The summed E-state index contributed by atoms with van der Waals surface area (Å²) in [5.41, 5.74) is 3.67. The summed E-state index contributed by atoms with van der Waals surface area (Å²) < 4.78 is 34.8. The van der Waals surface area contributed by atoms with Crippen molar-refractivity contribution in [3.05, 3.63) is 46.0 Å². The molecule has 4 aliphatic heterocycles. The Bertz CT molecular complexity index is 1730. The summed E-state index contributed by atoms with van der Waals surface area (Å²) in [7, 11) is 1.81. The number of ether oxygens (including phenoxy) is 3. The molecular weight excluding hydrogens is 591 g/mol. The molecule has 7 rings (SSSR count). The molecule has 4 aliphatic rings. The third-order valence-corrected chi connectivity index (χ3v) is 10.2. The molecule has 6 heterocycles. The first-order valence-electron chi connectivity index (χ1n) is 16.3. The first-order valence-corrected chi connectivity index (χ1v) is 16.3. The van der Waals surface area contributed by atoms with E-state index in [2.05, 4.69) is 4.90 Å². The fourth-order valence-electron chi connectivity index (χ4n) is 7.87. The van der Waals surface area contributed by atoms with E-state index in [-0.39, 0.29) is 11.7 Å².